The van der Waals surface area contributed by atoms with Gasteiger partial charge < -0.3 is 4.57 Å². The topological polar surface area (TPSA) is 17.8 Å². The first-order valence-corrected chi connectivity index (χ1v) is 7.91. The molecule has 2 aliphatic rings. The molecule has 2 aliphatic carbocycles. The molecule has 0 radical (unpaired) electrons. The number of para-hydroxylation sites is 1. The van der Waals surface area contributed by atoms with E-state index in [9.17, 15) is 4.39 Å². The van der Waals surface area contributed by atoms with Crippen molar-refractivity contribution in [3.8, 4) is 0 Å². The summed E-state index contributed by atoms with van der Waals surface area (Å²) in [6.07, 6.45) is 5.14. The van der Waals surface area contributed by atoms with E-state index in [0.717, 1.165) is 23.2 Å². The highest BCUT2D eigenvalue weighted by molar-refractivity contribution is 6.20. The van der Waals surface area contributed by atoms with Crippen LogP contribution in [0.5, 0.6) is 0 Å². The SMILES string of the molecule is CC(Cl)c1nc2c(F)cccc2n1C(C1CC1)C1CC1. The Morgan fingerprint density at radius 1 is 1.25 bits per heavy atom. The van der Waals surface area contributed by atoms with Crippen LogP contribution in [0.25, 0.3) is 11.0 Å². The lowest BCUT2D eigenvalue weighted by Gasteiger charge is -2.22. The summed E-state index contributed by atoms with van der Waals surface area (Å²) in [6.45, 7) is 1.92. The van der Waals surface area contributed by atoms with Crippen molar-refractivity contribution in [1.82, 2.24) is 9.55 Å². The van der Waals surface area contributed by atoms with Crippen LogP contribution in [-0.2, 0) is 0 Å². The van der Waals surface area contributed by atoms with E-state index >= 15 is 0 Å². The molecule has 0 aliphatic heterocycles. The first-order chi connectivity index (χ1) is 9.66. The van der Waals surface area contributed by atoms with Gasteiger partial charge in [-0.25, -0.2) is 9.37 Å². The molecule has 4 heteroatoms. The number of halogens is 2. The molecule has 0 spiro atoms. The maximum atomic E-state index is 14.0. The zero-order valence-corrected chi connectivity index (χ0v) is 12.3. The van der Waals surface area contributed by atoms with E-state index < -0.39 is 0 Å². The number of rotatable bonds is 4. The minimum absolute atomic E-state index is 0.193. The maximum Gasteiger partial charge on any atom is 0.151 e. The van der Waals surface area contributed by atoms with Crippen LogP contribution in [0.4, 0.5) is 4.39 Å². The van der Waals surface area contributed by atoms with E-state index in [1.54, 1.807) is 6.07 Å². The first-order valence-electron chi connectivity index (χ1n) is 7.47. The van der Waals surface area contributed by atoms with Crippen molar-refractivity contribution in [3.05, 3.63) is 29.8 Å². The fraction of sp³-hybridized carbons (Fsp3) is 0.562. The van der Waals surface area contributed by atoms with E-state index in [1.165, 1.54) is 31.7 Å². The molecular weight excluding hydrogens is 275 g/mol. The number of nitrogens with zero attached hydrogens (tertiary/aromatic N) is 2. The molecule has 1 heterocycles. The average Bonchev–Trinajstić information content (AvgIpc) is 3.29. The highest BCUT2D eigenvalue weighted by atomic mass is 35.5. The van der Waals surface area contributed by atoms with Gasteiger partial charge in [-0.15, -0.1) is 11.6 Å². The third-order valence-corrected chi connectivity index (χ3v) is 4.76. The molecule has 0 saturated heterocycles. The average molecular weight is 293 g/mol. The van der Waals surface area contributed by atoms with Gasteiger partial charge in [-0.3, -0.25) is 0 Å². The van der Waals surface area contributed by atoms with Crippen molar-refractivity contribution in [2.75, 3.05) is 0 Å². The lowest BCUT2D eigenvalue weighted by Crippen LogP contribution is -2.16. The van der Waals surface area contributed by atoms with Gasteiger partial charge in [-0.05, 0) is 56.6 Å². The Kier molecular flexibility index (Phi) is 2.81. The summed E-state index contributed by atoms with van der Waals surface area (Å²) in [6, 6.07) is 5.70. The Morgan fingerprint density at radius 3 is 2.45 bits per heavy atom. The number of imidazole rings is 1. The Labute approximate surface area is 122 Å². The monoisotopic (exact) mass is 292 g/mol. The first kappa shape index (κ1) is 12.6. The van der Waals surface area contributed by atoms with E-state index in [2.05, 4.69) is 9.55 Å². The molecule has 1 aromatic carbocycles. The summed E-state index contributed by atoms with van der Waals surface area (Å²) in [4.78, 5) is 4.51. The Balaban J connectivity index is 1.95. The van der Waals surface area contributed by atoms with Crippen molar-refractivity contribution >= 4 is 22.6 Å². The van der Waals surface area contributed by atoms with Gasteiger partial charge >= 0.3 is 0 Å². The van der Waals surface area contributed by atoms with Gasteiger partial charge in [-0.2, -0.15) is 0 Å². The second kappa shape index (κ2) is 4.45. The number of hydrogen-bond acceptors (Lipinski definition) is 1. The number of aromatic nitrogens is 2. The van der Waals surface area contributed by atoms with Gasteiger partial charge in [-0.1, -0.05) is 6.07 Å². The Hall–Kier alpha value is -1.09. The van der Waals surface area contributed by atoms with E-state index in [1.807, 2.05) is 13.0 Å². The fourth-order valence-electron chi connectivity index (χ4n) is 3.38. The van der Waals surface area contributed by atoms with Crippen LogP contribution >= 0.6 is 11.6 Å². The minimum atomic E-state index is -0.245. The summed E-state index contributed by atoms with van der Waals surface area (Å²) in [7, 11) is 0. The van der Waals surface area contributed by atoms with Crippen molar-refractivity contribution in [1.29, 1.82) is 0 Å². The molecule has 2 fully saturated rings. The second-order valence-electron chi connectivity index (χ2n) is 6.23. The number of benzene rings is 1. The molecule has 2 nitrogen and oxygen atoms in total. The van der Waals surface area contributed by atoms with Crippen LogP contribution in [0, 0.1) is 17.7 Å². The lowest BCUT2D eigenvalue weighted by molar-refractivity contribution is 0.392. The van der Waals surface area contributed by atoms with Crippen LogP contribution in [0.15, 0.2) is 18.2 Å². The van der Waals surface area contributed by atoms with Gasteiger partial charge in [0.25, 0.3) is 0 Å². The molecule has 20 heavy (non-hydrogen) atoms. The summed E-state index contributed by atoms with van der Waals surface area (Å²) in [5.74, 6) is 2.05. The number of alkyl halides is 1. The Bertz CT molecular complexity index is 644. The molecule has 1 atom stereocenters. The number of fused-ring (bicyclic) bond motifs is 1. The molecule has 2 aromatic rings. The summed E-state index contributed by atoms with van der Waals surface area (Å²) in [5, 5.41) is -0.193. The van der Waals surface area contributed by atoms with Crippen LogP contribution in [0.1, 0.15) is 49.9 Å². The van der Waals surface area contributed by atoms with Crippen LogP contribution in [0.3, 0.4) is 0 Å². The van der Waals surface area contributed by atoms with Crippen molar-refractivity contribution in [2.45, 2.75) is 44.0 Å². The maximum absolute atomic E-state index is 14.0. The zero-order valence-electron chi connectivity index (χ0n) is 11.5. The third kappa shape index (κ3) is 1.95. The fourth-order valence-corrected chi connectivity index (χ4v) is 3.53. The van der Waals surface area contributed by atoms with Gasteiger partial charge in [0.05, 0.1) is 10.9 Å². The van der Waals surface area contributed by atoms with Crippen molar-refractivity contribution in [2.24, 2.45) is 11.8 Å². The lowest BCUT2D eigenvalue weighted by atomic mass is 10.1. The molecular formula is C16H18ClFN2. The molecule has 0 N–H and O–H groups in total. The largest absolute Gasteiger partial charge is 0.323 e. The smallest absolute Gasteiger partial charge is 0.151 e. The molecule has 1 unspecified atom stereocenters. The second-order valence-corrected chi connectivity index (χ2v) is 6.88. The normalized spacial score (nSPS) is 20.8. The standard InChI is InChI=1S/C16H18ClFN2/c1-9(17)16-19-14-12(18)3-2-4-13(14)20(16)15(10-5-6-10)11-7-8-11/h2-4,9-11,15H,5-8H2,1H3. The zero-order chi connectivity index (χ0) is 13.9. The van der Waals surface area contributed by atoms with E-state index in [-0.39, 0.29) is 11.2 Å². The highest BCUT2D eigenvalue weighted by Crippen LogP contribution is 2.53. The van der Waals surface area contributed by atoms with Gasteiger partial charge in [0, 0.05) is 6.04 Å². The van der Waals surface area contributed by atoms with Crippen molar-refractivity contribution < 1.29 is 4.39 Å². The number of hydrogen-bond donors (Lipinski definition) is 0. The van der Waals surface area contributed by atoms with E-state index in [0.29, 0.717) is 11.6 Å². The quantitative estimate of drug-likeness (QED) is 0.738. The minimum Gasteiger partial charge on any atom is -0.323 e. The molecule has 4 rings (SSSR count). The van der Waals surface area contributed by atoms with Gasteiger partial charge in [0.2, 0.25) is 0 Å². The predicted molar refractivity (Wildman–Crippen MR) is 78.4 cm³/mol. The van der Waals surface area contributed by atoms with Gasteiger partial charge in [0.1, 0.15) is 11.3 Å². The molecule has 0 amide bonds. The Morgan fingerprint density at radius 2 is 1.90 bits per heavy atom. The van der Waals surface area contributed by atoms with Crippen LogP contribution < -0.4 is 0 Å². The van der Waals surface area contributed by atoms with Gasteiger partial charge in [0.15, 0.2) is 5.82 Å². The predicted octanol–water partition coefficient (Wildman–Crippen LogP) is 4.84. The van der Waals surface area contributed by atoms with Crippen molar-refractivity contribution in [3.63, 3.8) is 0 Å². The van der Waals surface area contributed by atoms with E-state index in [4.69, 9.17) is 11.6 Å². The molecule has 106 valence electrons. The summed E-state index contributed by atoms with van der Waals surface area (Å²) in [5.41, 5.74) is 1.39. The van der Waals surface area contributed by atoms with Crippen LogP contribution in [0.2, 0.25) is 0 Å². The summed E-state index contributed by atoms with van der Waals surface area (Å²) < 4.78 is 16.3. The third-order valence-electron chi connectivity index (χ3n) is 4.56. The van der Waals surface area contributed by atoms with Crippen LogP contribution in [-0.4, -0.2) is 9.55 Å². The molecule has 2 saturated carbocycles. The molecule has 0 bridgehead atoms. The summed E-state index contributed by atoms with van der Waals surface area (Å²) >= 11 is 6.32. The molecule has 1 aromatic heterocycles. The highest BCUT2D eigenvalue weighted by Gasteiger charge is 2.44.